The Morgan fingerprint density at radius 2 is 1.56 bits per heavy atom. The number of benzene rings is 2. The standard InChI is InChI=1S/C18H19N3O3S/c1-24-17-6-8-18(9-7-17)25(22,23)21-12-10-20(11-13-21)16-4-2-15(14-19)3-5-16/h2-9H,10-13H2,1H3. The maximum absolute atomic E-state index is 12.7. The minimum absolute atomic E-state index is 0.278. The molecule has 6 nitrogen and oxygen atoms in total. The first-order chi connectivity index (χ1) is 12.0. The maximum Gasteiger partial charge on any atom is 0.243 e. The van der Waals surface area contributed by atoms with E-state index >= 15 is 0 Å². The highest BCUT2D eigenvalue weighted by Gasteiger charge is 2.28. The van der Waals surface area contributed by atoms with Crippen LogP contribution in [0.15, 0.2) is 53.4 Å². The average Bonchev–Trinajstić information content (AvgIpc) is 2.68. The second-order valence-electron chi connectivity index (χ2n) is 5.73. The first-order valence-corrected chi connectivity index (χ1v) is 9.38. The van der Waals surface area contributed by atoms with Gasteiger partial charge in [0.05, 0.1) is 23.6 Å². The van der Waals surface area contributed by atoms with Crippen molar-refractivity contribution in [2.24, 2.45) is 0 Å². The lowest BCUT2D eigenvalue weighted by atomic mass is 10.2. The van der Waals surface area contributed by atoms with Gasteiger partial charge in [0.15, 0.2) is 0 Å². The van der Waals surface area contributed by atoms with E-state index in [0.29, 0.717) is 37.5 Å². The van der Waals surface area contributed by atoms with Crippen LogP contribution in [0.3, 0.4) is 0 Å². The molecule has 1 heterocycles. The van der Waals surface area contributed by atoms with E-state index in [2.05, 4.69) is 11.0 Å². The fraction of sp³-hybridized carbons (Fsp3) is 0.278. The fourth-order valence-corrected chi connectivity index (χ4v) is 4.25. The quantitative estimate of drug-likeness (QED) is 0.838. The molecule has 7 heteroatoms. The Morgan fingerprint density at radius 3 is 2.08 bits per heavy atom. The summed E-state index contributed by atoms with van der Waals surface area (Å²) >= 11 is 0. The van der Waals surface area contributed by atoms with Gasteiger partial charge in [0.1, 0.15) is 5.75 Å². The molecule has 0 atom stereocenters. The molecule has 0 saturated carbocycles. The highest BCUT2D eigenvalue weighted by atomic mass is 32.2. The summed E-state index contributed by atoms with van der Waals surface area (Å²) in [6.07, 6.45) is 0. The molecule has 1 aliphatic heterocycles. The van der Waals surface area contributed by atoms with Crippen LogP contribution in [-0.4, -0.2) is 46.0 Å². The monoisotopic (exact) mass is 357 g/mol. The summed E-state index contributed by atoms with van der Waals surface area (Å²) in [4.78, 5) is 2.40. The maximum atomic E-state index is 12.7. The van der Waals surface area contributed by atoms with E-state index < -0.39 is 10.0 Å². The van der Waals surface area contributed by atoms with Gasteiger partial charge in [-0.1, -0.05) is 0 Å². The van der Waals surface area contributed by atoms with Crippen LogP contribution in [0.4, 0.5) is 5.69 Å². The van der Waals surface area contributed by atoms with E-state index in [1.807, 2.05) is 12.1 Å². The molecule has 0 aliphatic carbocycles. The lowest BCUT2D eigenvalue weighted by molar-refractivity contribution is 0.384. The van der Waals surface area contributed by atoms with Crippen LogP contribution < -0.4 is 9.64 Å². The molecule has 0 radical (unpaired) electrons. The van der Waals surface area contributed by atoms with E-state index in [-0.39, 0.29) is 4.90 Å². The highest BCUT2D eigenvalue weighted by molar-refractivity contribution is 7.89. The summed E-state index contributed by atoms with van der Waals surface area (Å²) in [6.45, 7) is 2.07. The number of hydrogen-bond acceptors (Lipinski definition) is 5. The third-order valence-corrected chi connectivity index (χ3v) is 6.21. The molecule has 25 heavy (non-hydrogen) atoms. The summed E-state index contributed by atoms with van der Waals surface area (Å²) in [7, 11) is -1.95. The Kier molecular flexibility index (Phi) is 4.93. The van der Waals surface area contributed by atoms with Gasteiger partial charge in [0, 0.05) is 31.9 Å². The van der Waals surface area contributed by atoms with Crippen LogP contribution in [0, 0.1) is 11.3 Å². The van der Waals surface area contributed by atoms with Gasteiger partial charge in [0.2, 0.25) is 10.0 Å². The number of sulfonamides is 1. The molecule has 1 aliphatic rings. The minimum Gasteiger partial charge on any atom is -0.497 e. The highest BCUT2D eigenvalue weighted by Crippen LogP contribution is 2.23. The number of anilines is 1. The van der Waals surface area contributed by atoms with Crippen LogP contribution in [0.5, 0.6) is 5.75 Å². The first-order valence-electron chi connectivity index (χ1n) is 7.94. The molecule has 0 bridgehead atoms. The molecular weight excluding hydrogens is 338 g/mol. The molecule has 0 N–H and O–H groups in total. The Labute approximate surface area is 147 Å². The number of nitriles is 1. The van der Waals surface area contributed by atoms with Crippen molar-refractivity contribution >= 4 is 15.7 Å². The predicted molar refractivity (Wildman–Crippen MR) is 95.1 cm³/mol. The van der Waals surface area contributed by atoms with E-state index in [1.165, 1.54) is 4.31 Å². The number of hydrogen-bond donors (Lipinski definition) is 0. The molecule has 0 unspecified atom stereocenters. The zero-order valence-electron chi connectivity index (χ0n) is 13.9. The average molecular weight is 357 g/mol. The fourth-order valence-electron chi connectivity index (χ4n) is 2.83. The van der Waals surface area contributed by atoms with Crippen LogP contribution in [-0.2, 0) is 10.0 Å². The normalized spacial score (nSPS) is 15.6. The van der Waals surface area contributed by atoms with Crippen molar-refractivity contribution in [3.63, 3.8) is 0 Å². The van der Waals surface area contributed by atoms with Crippen molar-refractivity contribution in [1.82, 2.24) is 4.31 Å². The zero-order chi connectivity index (χ0) is 17.9. The molecule has 130 valence electrons. The number of ether oxygens (including phenoxy) is 1. The van der Waals surface area contributed by atoms with Crippen LogP contribution in [0.25, 0.3) is 0 Å². The van der Waals surface area contributed by atoms with Crippen LogP contribution in [0.1, 0.15) is 5.56 Å². The lowest BCUT2D eigenvalue weighted by Crippen LogP contribution is -2.48. The predicted octanol–water partition coefficient (Wildman–Crippen LogP) is 2.08. The van der Waals surface area contributed by atoms with Crippen molar-refractivity contribution in [2.75, 3.05) is 38.2 Å². The third-order valence-electron chi connectivity index (χ3n) is 4.30. The largest absolute Gasteiger partial charge is 0.497 e. The molecule has 0 amide bonds. The van der Waals surface area contributed by atoms with Crippen LogP contribution >= 0.6 is 0 Å². The van der Waals surface area contributed by atoms with Gasteiger partial charge < -0.3 is 9.64 Å². The van der Waals surface area contributed by atoms with Crippen molar-refractivity contribution < 1.29 is 13.2 Å². The van der Waals surface area contributed by atoms with Gasteiger partial charge in [-0.3, -0.25) is 0 Å². The summed E-state index contributed by atoms with van der Waals surface area (Å²) in [5.74, 6) is 0.629. The van der Waals surface area contributed by atoms with Gasteiger partial charge in [0.25, 0.3) is 0 Å². The van der Waals surface area contributed by atoms with Crippen molar-refractivity contribution in [3.8, 4) is 11.8 Å². The second-order valence-corrected chi connectivity index (χ2v) is 7.66. The third kappa shape index (κ3) is 3.60. The summed E-state index contributed by atoms with van der Waals surface area (Å²) < 4.78 is 32.1. The van der Waals surface area contributed by atoms with Gasteiger partial charge in [-0.25, -0.2) is 8.42 Å². The summed E-state index contributed by atoms with van der Waals surface area (Å²) in [5, 5.41) is 8.86. The second kappa shape index (κ2) is 7.13. The van der Waals surface area contributed by atoms with Gasteiger partial charge >= 0.3 is 0 Å². The number of rotatable bonds is 4. The number of piperazine rings is 1. The number of nitrogens with zero attached hydrogens (tertiary/aromatic N) is 3. The van der Waals surface area contributed by atoms with E-state index in [9.17, 15) is 8.42 Å². The smallest absolute Gasteiger partial charge is 0.243 e. The van der Waals surface area contributed by atoms with Gasteiger partial charge in [-0.15, -0.1) is 0 Å². The molecule has 2 aromatic rings. The molecule has 1 fully saturated rings. The SMILES string of the molecule is COc1ccc(S(=O)(=O)N2CCN(c3ccc(C#N)cc3)CC2)cc1. The molecule has 0 aromatic heterocycles. The Morgan fingerprint density at radius 1 is 0.960 bits per heavy atom. The van der Waals surface area contributed by atoms with E-state index in [4.69, 9.17) is 10.00 Å². The molecule has 1 saturated heterocycles. The Bertz CT molecular complexity index is 863. The topological polar surface area (TPSA) is 73.6 Å². The minimum atomic E-state index is -3.50. The molecule has 3 rings (SSSR count). The molecule has 0 spiro atoms. The van der Waals surface area contributed by atoms with Crippen LogP contribution in [0.2, 0.25) is 0 Å². The Balaban J connectivity index is 1.69. The number of methoxy groups -OCH3 is 1. The van der Waals surface area contributed by atoms with E-state index in [0.717, 1.165) is 5.69 Å². The zero-order valence-corrected chi connectivity index (χ0v) is 14.7. The summed E-state index contributed by atoms with van der Waals surface area (Å²) in [5.41, 5.74) is 1.62. The molecular formula is C18H19N3O3S. The van der Waals surface area contributed by atoms with Gasteiger partial charge in [-0.2, -0.15) is 9.57 Å². The van der Waals surface area contributed by atoms with Crippen molar-refractivity contribution in [1.29, 1.82) is 5.26 Å². The summed E-state index contributed by atoms with van der Waals surface area (Å²) in [6, 6.07) is 15.9. The van der Waals surface area contributed by atoms with Crippen molar-refractivity contribution in [3.05, 3.63) is 54.1 Å². The van der Waals surface area contributed by atoms with E-state index in [1.54, 1.807) is 43.5 Å². The Hall–Kier alpha value is -2.56. The van der Waals surface area contributed by atoms with Crippen molar-refractivity contribution in [2.45, 2.75) is 4.90 Å². The van der Waals surface area contributed by atoms with Gasteiger partial charge in [-0.05, 0) is 48.5 Å². The lowest BCUT2D eigenvalue weighted by Gasteiger charge is -2.35. The first kappa shape index (κ1) is 17.3. The molecule has 2 aromatic carbocycles.